The van der Waals surface area contributed by atoms with Crippen LogP contribution in [0.15, 0.2) is 6.20 Å². The zero-order chi connectivity index (χ0) is 13.1. The monoisotopic (exact) mass is 267 g/mol. The van der Waals surface area contributed by atoms with Gasteiger partial charge in [-0.3, -0.25) is 4.79 Å². The van der Waals surface area contributed by atoms with Crippen molar-refractivity contribution in [2.24, 2.45) is 0 Å². The highest BCUT2D eigenvalue weighted by Crippen LogP contribution is 2.30. The molecular formula is C9H9ClF3N3O. The van der Waals surface area contributed by atoms with E-state index in [9.17, 15) is 18.0 Å². The number of carbonyl (C=O) groups is 1. The van der Waals surface area contributed by atoms with Crippen LogP contribution in [-0.2, 0) is 6.18 Å². The normalized spacial score (nSPS) is 11.4. The van der Waals surface area contributed by atoms with E-state index in [1.165, 1.54) is 0 Å². The molecule has 94 valence electrons. The van der Waals surface area contributed by atoms with Crippen molar-refractivity contribution >= 4 is 17.5 Å². The molecular weight excluding hydrogens is 259 g/mol. The Morgan fingerprint density at radius 1 is 1.53 bits per heavy atom. The summed E-state index contributed by atoms with van der Waals surface area (Å²) >= 11 is 5.28. The molecule has 1 aromatic heterocycles. The Bertz CT molecular complexity index is 422. The fourth-order valence-electron chi connectivity index (χ4n) is 1.08. The van der Waals surface area contributed by atoms with Gasteiger partial charge in [0.05, 0.1) is 5.56 Å². The van der Waals surface area contributed by atoms with Gasteiger partial charge >= 0.3 is 6.18 Å². The Labute approximate surface area is 100 Å². The molecule has 0 atom stereocenters. The molecule has 0 aliphatic carbocycles. The van der Waals surface area contributed by atoms with Crippen LogP contribution in [0.1, 0.15) is 29.4 Å². The molecule has 1 N–H and O–H groups in total. The summed E-state index contributed by atoms with van der Waals surface area (Å²) in [6, 6.07) is 0. The summed E-state index contributed by atoms with van der Waals surface area (Å²) in [6.07, 6.45) is -3.36. The maximum absolute atomic E-state index is 12.6. The Balaban J connectivity index is 3.11. The zero-order valence-electron chi connectivity index (χ0n) is 8.81. The topological polar surface area (TPSA) is 54.9 Å². The molecule has 0 bridgehead atoms. The standard InChI is InChI=1S/C9H9ClF3N3O/c1-2-3-14-7(17)5-4-15-8(10)16-6(5)9(11,12)13/h4H,2-3H2,1H3,(H,14,17). The fraction of sp³-hybridized carbons (Fsp3) is 0.444. The van der Waals surface area contributed by atoms with Gasteiger partial charge in [-0.2, -0.15) is 13.2 Å². The molecule has 0 aliphatic heterocycles. The van der Waals surface area contributed by atoms with Crippen LogP contribution in [0.25, 0.3) is 0 Å². The predicted molar refractivity (Wildman–Crippen MR) is 54.7 cm³/mol. The third kappa shape index (κ3) is 3.55. The van der Waals surface area contributed by atoms with Crippen LogP contribution >= 0.6 is 11.6 Å². The van der Waals surface area contributed by atoms with E-state index in [0.717, 1.165) is 6.20 Å². The summed E-state index contributed by atoms with van der Waals surface area (Å²) in [5.74, 6) is -0.865. The van der Waals surface area contributed by atoms with Crippen molar-refractivity contribution in [1.29, 1.82) is 0 Å². The second-order valence-corrected chi connectivity index (χ2v) is 3.49. The van der Waals surface area contributed by atoms with Gasteiger partial charge in [0.25, 0.3) is 5.91 Å². The molecule has 0 radical (unpaired) electrons. The van der Waals surface area contributed by atoms with Gasteiger partial charge in [0.1, 0.15) is 0 Å². The lowest BCUT2D eigenvalue weighted by Gasteiger charge is -2.11. The van der Waals surface area contributed by atoms with Crippen LogP contribution in [0.3, 0.4) is 0 Å². The van der Waals surface area contributed by atoms with Crippen LogP contribution in [0.5, 0.6) is 0 Å². The van der Waals surface area contributed by atoms with Crippen LogP contribution in [0, 0.1) is 0 Å². The van der Waals surface area contributed by atoms with E-state index < -0.39 is 28.6 Å². The second kappa shape index (κ2) is 5.31. The summed E-state index contributed by atoms with van der Waals surface area (Å²) in [7, 11) is 0. The molecule has 4 nitrogen and oxygen atoms in total. The number of amides is 1. The van der Waals surface area contributed by atoms with E-state index in [1.807, 2.05) is 0 Å². The van der Waals surface area contributed by atoms with Gasteiger partial charge in [-0.25, -0.2) is 9.97 Å². The molecule has 1 aromatic rings. The lowest BCUT2D eigenvalue weighted by molar-refractivity contribution is -0.141. The molecule has 1 heterocycles. The molecule has 1 amide bonds. The number of hydrogen-bond acceptors (Lipinski definition) is 3. The number of aromatic nitrogens is 2. The Morgan fingerprint density at radius 3 is 2.71 bits per heavy atom. The molecule has 0 saturated heterocycles. The first-order chi connectivity index (χ1) is 7.86. The summed E-state index contributed by atoms with van der Waals surface area (Å²) in [4.78, 5) is 17.9. The SMILES string of the molecule is CCCNC(=O)c1cnc(Cl)nc1C(F)(F)F. The van der Waals surface area contributed by atoms with Gasteiger partial charge < -0.3 is 5.32 Å². The predicted octanol–water partition coefficient (Wildman–Crippen LogP) is 2.29. The second-order valence-electron chi connectivity index (χ2n) is 3.15. The lowest BCUT2D eigenvalue weighted by atomic mass is 10.2. The summed E-state index contributed by atoms with van der Waals surface area (Å²) in [5, 5.41) is 1.77. The van der Waals surface area contributed by atoms with E-state index in [1.54, 1.807) is 6.92 Å². The highest BCUT2D eigenvalue weighted by atomic mass is 35.5. The molecule has 0 aromatic carbocycles. The van der Waals surface area contributed by atoms with Crippen molar-refractivity contribution < 1.29 is 18.0 Å². The van der Waals surface area contributed by atoms with Gasteiger partial charge in [-0.05, 0) is 18.0 Å². The molecule has 0 fully saturated rings. The number of nitrogens with zero attached hydrogens (tertiary/aromatic N) is 2. The average Bonchev–Trinajstić information content (AvgIpc) is 2.24. The first-order valence-corrected chi connectivity index (χ1v) is 5.12. The zero-order valence-corrected chi connectivity index (χ0v) is 9.56. The summed E-state index contributed by atoms with van der Waals surface area (Å²) in [5.41, 5.74) is -1.96. The van der Waals surface area contributed by atoms with Gasteiger partial charge in [-0.15, -0.1) is 0 Å². The highest BCUT2D eigenvalue weighted by Gasteiger charge is 2.37. The number of halogens is 4. The summed E-state index contributed by atoms with van der Waals surface area (Å²) < 4.78 is 37.7. The van der Waals surface area contributed by atoms with Crippen LogP contribution in [-0.4, -0.2) is 22.4 Å². The largest absolute Gasteiger partial charge is 0.434 e. The number of hydrogen-bond donors (Lipinski definition) is 1. The molecule has 1 rings (SSSR count). The van der Waals surface area contributed by atoms with Crippen LogP contribution < -0.4 is 5.32 Å². The molecule has 0 aliphatic rings. The summed E-state index contributed by atoms with van der Waals surface area (Å²) in [6.45, 7) is 2.06. The molecule has 0 spiro atoms. The Hall–Kier alpha value is -1.37. The van der Waals surface area contributed by atoms with Gasteiger partial charge in [-0.1, -0.05) is 6.92 Å². The third-order valence-electron chi connectivity index (χ3n) is 1.81. The first-order valence-electron chi connectivity index (χ1n) is 4.74. The average molecular weight is 268 g/mol. The van der Waals surface area contributed by atoms with Gasteiger partial charge in [0, 0.05) is 12.7 Å². The van der Waals surface area contributed by atoms with Crippen molar-refractivity contribution in [3.8, 4) is 0 Å². The van der Waals surface area contributed by atoms with Crippen molar-refractivity contribution in [2.45, 2.75) is 19.5 Å². The van der Waals surface area contributed by atoms with Crippen molar-refractivity contribution in [1.82, 2.24) is 15.3 Å². The van der Waals surface area contributed by atoms with Gasteiger partial charge in [0.2, 0.25) is 5.28 Å². The first kappa shape index (κ1) is 13.7. The highest BCUT2D eigenvalue weighted by molar-refractivity contribution is 6.28. The minimum Gasteiger partial charge on any atom is -0.352 e. The Kier molecular flexibility index (Phi) is 4.28. The number of nitrogens with one attached hydrogen (secondary N) is 1. The van der Waals surface area contributed by atoms with Crippen molar-refractivity contribution in [3.05, 3.63) is 22.7 Å². The minimum absolute atomic E-state index is 0.277. The van der Waals surface area contributed by atoms with E-state index in [-0.39, 0.29) is 6.54 Å². The van der Waals surface area contributed by atoms with Crippen LogP contribution in [0.2, 0.25) is 5.28 Å². The van der Waals surface area contributed by atoms with E-state index in [2.05, 4.69) is 15.3 Å². The van der Waals surface area contributed by atoms with E-state index in [4.69, 9.17) is 11.6 Å². The van der Waals surface area contributed by atoms with Crippen LogP contribution in [0.4, 0.5) is 13.2 Å². The molecule has 17 heavy (non-hydrogen) atoms. The maximum Gasteiger partial charge on any atom is 0.434 e. The smallest absolute Gasteiger partial charge is 0.352 e. The van der Waals surface area contributed by atoms with E-state index in [0.29, 0.717) is 6.42 Å². The fourth-order valence-corrected chi connectivity index (χ4v) is 1.21. The molecule has 8 heteroatoms. The quantitative estimate of drug-likeness (QED) is 0.855. The van der Waals surface area contributed by atoms with Crippen molar-refractivity contribution in [3.63, 3.8) is 0 Å². The molecule has 0 saturated carbocycles. The lowest BCUT2D eigenvalue weighted by Crippen LogP contribution is -2.28. The number of alkyl halides is 3. The van der Waals surface area contributed by atoms with Gasteiger partial charge in [0.15, 0.2) is 5.69 Å². The van der Waals surface area contributed by atoms with Crippen molar-refractivity contribution in [2.75, 3.05) is 6.54 Å². The third-order valence-corrected chi connectivity index (χ3v) is 1.99. The Morgan fingerprint density at radius 2 is 2.18 bits per heavy atom. The number of carbonyl (C=O) groups excluding carboxylic acids is 1. The maximum atomic E-state index is 12.6. The minimum atomic E-state index is -4.74. The number of rotatable bonds is 3. The van der Waals surface area contributed by atoms with E-state index >= 15 is 0 Å². The molecule has 0 unspecified atom stereocenters.